The van der Waals surface area contributed by atoms with Crippen molar-refractivity contribution in [3.8, 4) is 5.75 Å². The van der Waals surface area contributed by atoms with Gasteiger partial charge < -0.3 is 20.7 Å². The number of carbonyl (C=O) groups is 2. The van der Waals surface area contributed by atoms with Crippen LogP contribution in [0, 0.1) is 5.92 Å². The summed E-state index contributed by atoms with van der Waals surface area (Å²) in [5.74, 6) is 0.971. The summed E-state index contributed by atoms with van der Waals surface area (Å²) in [6.07, 6.45) is 4.97. The van der Waals surface area contributed by atoms with Crippen molar-refractivity contribution in [2.75, 3.05) is 23.9 Å². The molecule has 0 unspecified atom stereocenters. The number of nitrogens with zero attached hydrogens (tertiary/aromatic N) is 1. The number of methoxy groups -OCH3 is 1. The second-order valence-corrected chi connectivity index (χ2v) is 6.64. The molecule has 2 fully saturated rings. The fourth-order valence-electron chi connectivity index (χ4n) is 3.65. The summed E-state index contributed by atoms with van der Waals surface area (Å²) in [6.45, 7) is 0.684. The molecule has 3 N–H and O–H groups in total. The molecule has 130 valence electrons. The molecule has 0 spiro atoms. The summed E-state index contributed by atoms with van der Waals surface area (Å²) in [4.78, 5) is 26.0. The molecule has 3 rings (SSSR count). The van der Waals surface area contributed by atoms with Gasteiger partial charge >= 0.3 is 0 Å². The van der Waals surface area contributed by atoms with E-state index < -0.39 is 0 Å². The highest BCUT2D eigenvalue weighted by Crippen LogP contribution is 2.34. The van der Waals surface area contributed by atoms with E-state index in [0.29, 0.717) is 30.8 Å². The Kier molecular flexibility index (Phi) is 5.04. The molecule has 1 aromatic carbocycles. The number of hydrogen-bond donors (Lipinski definition) is 2. The molecule has 2 amide bonds. The topological polar surface area (TPSA) is 84.7 Å². The highest BCUT2D eigenvalue weighted by atomic mass is 16.5. The zero-order valence-electron chi connectivity index (χ0n) is 14.1. The molecule has 0 bridgehead atoms. The van der Waals surface area contributed by atoms with Crippen LogP contribution in [0.15, 0.2) is 18.2 Å². The van der Waals surface area contributed by atoms with Gasteiger partial charge in [0.15, 0.2) is 0 Å². The van der Waals surface area contributed by atoms with E-state index in [-0.39, 0.29) is 23.8 Å². The summed E-state index contributed by atoms with van der Waals surface area (Å²) < 4.78 is 5.36. The Labute approximate surface area is 142 Å². The molecule has 1 heterocycles. The molecule has 1 aliphatic heterocycles. The quantitative estimate of drug-likeness (QED) is 0.867. The molecule has 1 aliphatic carbocycles. The van der Waals surface area contributed by atoms with Gasteiger partial charge in [0.2, 0.25) is 11.8 Å². The largest absolute Gasteiger partial charge is 0.495 e. The number of benzene rings is 1. The molecule has 24 heavy (non-hydrogen) atoms. The zero-order valence-corrected chi connectivity index (χ0v) is 14.1. The standard InChI is InChI=1S/C18H25N3O3/c1-24-16-8-7-13(11-15(16)21-9-3-6-18(21)23)20-17(22)10-12-4-2-5-14(12)19/h7-8,11-12,14H,2-6,9-10,19H2,1H3,(H,20,22)/t12-,14+/m0/s1. The van der Waals surface area contributed by atoms with E-state index in [2.05, 4.69) is 5.32 Å². The highest BCUT2D eigenvalue weighted by Gasteiger charge is 2.27. The van der Waals surface area contributed by atoms with Gasteiger partial charge in [0.1, 0.15) is 5.75 Å². The Morgan fingerprint density at radius 2 is 2.21 bits per heavy atom. The Morgan fingerprint density at radius 3 is 2.83 bits per heavy atom. The van der Waals surface area contributed by atoms with Gasteiger partial charge in [0, 0.05) is 31.1 Å². The van der Waals surface area contributed by atoms with E-state index >= 15 is 0 Å². The van der Waals surface area contributed by atoms with Crippen molar-refractivity contribution in [3.63, 3.8) is 0 Å². The van der Waals surface area contributed by atoms with Gasteiger partial charge in [-0.15, -0.1) is 0 Å². The first-order valence-corrected chi connectivity index (χ1v) is 8.62. The number of amides is 2. The third-order valence-electron chi connectivity index (χ3n) is 4.99. The summed E-state index contributed by atoms with van der Waals surface area (Å²) in [6, 6.07) is 5.53. The van der Waals surface area contributed by atoms with E-state index in [1.165, 1.54) is 0 Å². The molecule has 2 aliphatic rings. The maximum atomic E-state index is 12.3. The van der Waals surface area contributed by atoms with E-state index in [9.17, 15) is 9.59 Å². The van der Waals surface area contributed by atoms with Crippen LogP contribution in [0.4, 0.5) is 11.4 Å². The number of hydrogen-bond acceptors (Lipinski definition) is 4. The third-order valence-corrected chi connectivity index (χ3v) is 4.99. The minimum absolute atomic E-state index is 0.0267. The third kappa shape index (κ3) is 3.53. The van der Waals surface area contributed by atoms with Crippen LogP contribution in [0.25, 0.3) is 0 Å². The van der Waals surface area contributed by atoms with Gasteiger partial charge in [-0.2, -0.15) is 0 Å². The summed E-state index contributed by atoms with van der Waals surface area (Å²) in [5, 5.41) is 2.93. The number of ether oxygens (including phenoxy) is 1. The van der Waals surface area contributed by atoms with E-state index in [1.54, 1.807) is 24.1 Å². The van der Waals surface area contributed by atoms with Gasteiger partial charge in [-0.25, -0.2) is 0 Å². The van der Waals surface area contributed by atoms with Crippen molar-refractivity contribution < 1.29 is 14.3 Å². The number of carbonyl (C=O) groups excluding carboxylic acids is 2. The van der Waals surface area contributed by atoms with Crippen molar-refractivity contribution in [1.82, 2.24) is 0 Å². The van der Waals surface area contributed by atoms with Gasteiger partial charge in [-0.3, -0.25) is 9.59 Å². The molecule has 2 atom stereocenters. The number of anilines is 2. The number of rotatable bonds is 5. The van der Waals surface area contributed by atoms with Gasteiger partial charge in [-0.1, -0.05) is 6.42 Å². The molecule has 6 heteroatoms. The maximum absolute atomic E-state index is 12.3. The predicted molar refractivity (Wildman–Crippen MR) is 93.1 cm³/mol. The van der Waals surface area contributed by atoms with Crippen LogP contribution in [-0.2, 0) is 9.59 Å². The van der Waals surface area contributed by atoms with Gasteiger partial charge in [-0.05, 0) is 43.4 Å². The minimum atomic E-state index is -0.0267. The van der Waals surface area contributed by atoms with Crippen LogP contribution in [-0.4, -0.2) is 31.5 Å². The lowest BCUT2D eigenvalue weighted by Gasteiger charge is -2.20. The SMILES string of the molecule is COc1ccc(NC(=O)C[C@@H]2CCC[C@H]2N)cc1N1CCCC1=O. The molecule has 1 saturated carbocycles. The molecule has 1 aromatic rings. The average Bonchev–Trinajstić information content (AvgIpc) is 3.16. The first-order valence-electron chi connectivity index (χ1n) is 8.62. The van der Waals surface area contributed by atoms with Crippen molar-refractivity contribution >= 4 is 23.2 Å². The van der Waals surface area contributed by atoms with E-state index in [0.717, 1.165) is 31.4 Å². The average molecular weight is 331 g/mol. The lowest BCUT2D eigenvalue weighted by molar-refractivity contribution is -0.117. The van der Waals surface area contributed by atoms with Crippen molar-refractivity contribution in [2.45, 2.75) is 44.6 Å². The monoisotopic (exact) mass is 331 g/mol. The Hall–Kier alpha value is -2.08. The molecular weight excluding hydrogens is 306 g/mol. The number of nitrogens with two attached hydrogens (primary N) is 1. The fourth-order valence-corrected chi connectivity index (χ4v) is 3.65. The van der Waals surface area contributed by atoms with E-state index in [4.69, 9.17) is 10.5 Å². The summed E-state index contributed by atoms with van der Waals surface area (Å²) >= 11 is 0. The lowest BCUT2D eigenvalue weighted by Crippen LogP contribution is -2.28. The first kappa shape index (κ1) is 16.8. The van der Waals surface area contributed by atoms with Crippen molar-refractivity contribution in [1.29, 1.82) is 0 Å². The highest BCUT2D eigenvalue weighted by molar-refractivity contribution is 5.98. The second-order valence-electron chi connectivity index (χ2n) is 6.64. The molecule has 0 radical (unpaired) electrons. The Balaban J connectivity index is 1.71. The number of nitrogens with one attached hydrogen (secondary N) is 1. The maximum Gasteiger partial charge on any atom is 0.227 e. The van der Waals surface area contributed by atoms with Crippen LogP contribution in [0.5, 0.6) is 5.75 Å². The van der Waals surface area contributed by atoms with Crippen LogP contribution >= 0.6 is 0 Å². The summed E-state index contributed by atoms with van der Waals surface area (Å²) in [5.41, 5.74) is 7.44. The first-order chi connectivity index (χ1) is 11.6. The van der Waals surface area contributed by atoms with Crippen LogP contribution < -0.4 is 20.7 Å². The zero-order chi connectivity index (χ0) is 17.1. The van der Waals surface area contributed by atoms with Crippen LogP contribution in [0.2, 0.25) is 0 Å². The van der Waals surface area contributed by atoms with Crippen molar-refractivity contribution in [3.05, 3.63) is 18.2 Å². The second kappa shape index (κ2) is 7.21. The Morgan fingerprint density at radius 1 is 1.38 bits per heavy atom. The molecule has 1 saturated heterocycles. The smallest absolute Gasteiger partial charge is 0.227 e. The molecule has 6 nitrogen and oxygen atoms in total. The van der Waals surface area contributed by atoms with Gasteiger partial charge in [0.25, 0.3) is 0 Å². The fraction of sp³-hybridized carbons (Fsp3) is 0.556. The van der Waals surface area contributed by atoms with Crippen molar-refractivity contribution in [2.24, 2.45) is 11.7 Å². The molecule has 0 aromatic heterocycles. The lowest BCUT2D eigenvalue weighted by atomic mass is 10.00. The predicted octanol–water partition coefficient (Wildman–Crippen LogP) is 2.28. The van der Waals surface area contributed by atoms with E-state index in [1.807, 2.05) is 6.07 Å². The Bertz CT molecular complexity index is 632. The minimum Gasteiger partial charge on any atom is -0.495 e. The summed E-state index contributed by atoms with van der Waals surface area (Å²) in [7, 11) is 1.58. The normalized spacial score (nSPS) is 23.6. The van der Waals surface area contributed by atoms with Crippen LogP contribution in [0.3, 0.4) is 0 Å². The van der Waals surface area contributed by atoms with Crippen LogP contribution in [0.1, 0.15) is 38.5 Å². The molecular formula is C18H25N3O3. The van der Waals surface area contributed by atoms with Gasteiger partial charge in [0.05, 0.1) is 12.8 Å².